The summed E-state index contributed by atoms with van der Waals surface area (Å²) in [7, 11) is 5.85. The molecule has 0 aliphatic carbocycles. The Morgan fingerprint density at radius 1 is 1.00 bits per heavy atom. The number of anilines is 2. The number of methoxy groups -OCH3 is 1. The predicted molar refractivity (Wildman–Crippen MR) is 99.5 cm³/mol. The van der Waals surface area contributed by atoms with E-state index in [0.29, 0.717) is 19.0 Å². The summed E-state index contributed by atoms with van der Waals surface area (Å²) >= 11 is 0. The van der Waals surface area contributed by atoms with Crippen molar-refractivity contribution in [3.63, 3.8) is 0 Å². The third-order valence-corrected chi connectivity index (χ3v) is 3.46. The number of benzene rings is 1. The molecule has 0 radical (unpaired) electrons. The van der Waals surface area contributed by atoms with E-state index in [-0.39, 0.29) is 0 Å². The van der Waals surface area contributed by atoms with Crippen molar-refractivity contribution in [3.8, 4) is 11.4 Å². The van der Waals surface area contributed by atoms with Crippen LogP contribution in [-0.2, 0) is 4.74 Å². The van der Waals surface area contributed by atoms with Crippen molar-refractivity contribution < 1.29 is 4.74 Å². The zero-order valence-corrected chi connectivity index (χ0v) is 14.7. The monoisotopic (exact) mass is 329 g/mol. The molecule has 0 amide bonds. The lowest BCUT2D eigenvalue weighted by atomic mass is 10.2. The summed E-state index contributed by atoms with van der Waals surface area (Å²) in [6.45, 7) is 3.27. The zero-order chi connectivity index (χ0) is 17.2. The highest BCUT2D eigenvalue weighted by Crippen LogP contribution is 2.20. The van der Waals surface area contributed by atoms with Gasteiger partial charge in [-0.2, -0.15) is 0 Å². The van der Waals surface area contributed by atoms with Crippen molar-refractivity contribution in [2.24, 2.45) is 0 Å². The average Bonchev–Trinajstić information content (AvgIpc) is 2.59. The summed E-state index contributed by atoms with van der Waals surface area (Å²) < 4.78 is 5.08. The van der Waals surface area contributed by atoms with Crippen molar-refractivity contribution in [2.45, 2.75) is 6.42 Å². The molecule has 2 rings (SSSR count). The molecule has 1 heterocycles. The Balaban J connectivity index is 2.11. The van der Waals surface area contributed by atoms with Gasteiger partial charge in [-0.1, -0.05) is 30.3 Å². The Kier molecular flexibility index (Phi) is 7.45. The van der Waals surface area contributed by atoms with Gasteiger partial charge in [-0.15, -0.1) is 0 Å². The van der Waals surface area contributed by atoms with Crippen LogP contribution < -0.4 is 10.6 Å². The van der Waals surface area contributed by atoms with Gasteiger partial charge < -0.3 is 20.3 Å². The van der Waals surface area contributed by atoms with Crippen LogP contribution in [0.5, 0.6) is 0 Å². The first kappa shape index (κ1) is 18.2. The van der Waals surface area contributed by atoms with Gasteiger partial charge in [0.25, 0.3) is 0 Å². The quantitative estimate of drug-likeness (QED) is 0.653. The maximum absolute atomic E-state index is 5.08. The SMILES string of the molecule is COCCNc1cc(NCCCN(C)C)nc(-c2ccccc2)n1. The first-order chi connectivity index (χ1) is 11.7. The highest BCUT2D eigenvalue weighted by Gasteiger charge is 2.06. The van der Waals surface area contributed by atoms with Crippen LogP contribution in [0.3, 0.4) is 0 Å². The molecule has 2 N–H and O–H groups in total. The van der Waals surface area contributed by atoms with Crippen LogP contribution in [0.25, 0.3) is 11.4 Å². The summed E-state index contributed by atoms with van der Waals surface area (Å²) in [6, 6.07) is 12.0. The Morgan fingerprint density at radius 3 is 2.29 bits per heavy atom. The van der Waals surface area contributed by atoms with Gasteiger partial charge in [0.15, 0.2) is 5.82 Å². The van der Waals surface area contributed by atoms with Gasteiger partial charge in [0, 0.05) is 31.8 Å². The third kappa shape index (κ3) is 6.14. The second-order valence-electron chi connectivity index (χ2n) is 5.83. The molecular formula is C18H27N5O. The van der Waals surface area contributed by atoms with E-state index in [9.17, 15) is 0 Å². The molecule has 0 unspecified atom stereocenters. The summed E-state index contributed by atoms with van der Waals surface area (Å²) in [5, 5.41) is 6.67. The normalized spacial score (nSPS) is 10.8. The van der Waals surface area contributed by atoms with Crippen molar-refractivity contribution in [1.82, 2.24) is 14.9 Å². The molecule has 1 aromatic carbocycles. The van der Waals surface area contributed by atoms with Crippen LogP contribution in [-0.4, -0.2) is 62.3 Å². The molecule has 130 valence electrons. The Bertz CT molecular complexity index is 604. The van der Waals surface area contributed by atoms with E-state index in [0.717, 1.165) is 36.7 Å². The predicted octanol–water partition coefficient (Wildman–Crippen LogP) is 2.57. The second-order valence-corrected chi connectivity index (χ2v) is 5.83. The van der Waals surface area contributed by atoms with Gasteiger partial charge in [-0.25, -0.2) is 9.97 Å². The van der Waals surface area contributed by atoms with Crippen LogP contribution in [0, 0.1) is 0 Å². The number of hydrogen-bond donors (Lipinski definition) is 2. The Hall–Kier alpha value is -2.18. The molecule has 0 spiro atoms. The number of aromatic nitrogens is 2. The summed E-state index contributed by atoms with van der Waals surface area (Å²) in [6.07, 6.45) is 1.06. The van der Waals surface area contributed by atoms with Crippen LogP contribution in [0.2, 0.25) is 0 Å². The number of nitrogens with zero attached hydrogens (tertiary/aromatic N) is 3. The van der Waals surface area contributed by atoms with E-state index in [4.69, 9.17) is 4.74 Å². The fraction of sp³-hybridized carbons (Fsp3) is 0.444. The molecule has 0 bridgehead atoms. The van der Waals surface area contributed by atoms with E-state index < -0.39 is 0 Å². The maximum Gasteiger partial charge on any atom is 0.163 e. The maximum atomic E-state index is 5.08. The highest BCUT2D eigenvalue weighted by molar-refractivity contribution is 5.61. The van der Waals surface area contributed by atoms with E-state index in [1.54, 1.807) is 7.11 Å². The van der Waals surface area contributed by atoms with Gasteiger partial charge in [-0.3, -0.25) is 0 Å². The van der Waals surface area contributed by atoms with Crippen LogP contribution in [0.4, 0.5) is 11.6 Å². The molecular weight excluding hydrogens is 302 g/mol. The minimum Gasteiger partial charge on any atom is -0.383 e. The fourth-order valence-corrected chi connectivity index (χ4v) is 2.24. The van der Waals surface area contributed by atoms with Crippen LogP contribution in [0.15, 0.2) is 36.4 Å². The molecule has 0 saturated heterocycles. The van der Waals surface area contributed by atoms with Gasteiger partial charge in [0.2, 0.25) is 0 Å². The number of ether oxygens (including phenoxy) is 1. The molecule has 0 aliphatic heterocycles. The second kappa shape index (κ2) is 9.85. The first-order valence-corrected chi connectivity index (χ1v) is 8.25. The zero-order valence-electron chi connectivity index (χ0n) is 14.7. The number of rotatable bonds is 10. The van der Waals surface area contributed by atoms with E-state index in [2.05, 4.69) is 39.6 Å². The molecule has 24 heavy (non-hydrogen) atoms. The fourth-order valence-electron chi connectivity index (χ4n) is 2.24. The average molecular weight is 329 g/mol. The topological polar surface area (TPSA) is 62.3 Å². The molecule has 6 nitrogen and oxygen atoms in total. The third-order valence-electron chi connectivity index (χ3n) is 3.46. The molecule has 0 aliphatic rings. The number of nitrogens with one attached hydrogen (secondary N) is 2. The minimum absolute atomic E-state index is 0.635. The molecule has 0 atom stereocenters. The van der Waals surface area contributed by atoms with Crippen molar-refractivity contribution in [2.75, 3.05) is 58.1 Å². The lowest BCUT2D eigenvalue weighted by Gasteiger charge is -2.13. The largest absolute Gasteiger partial charge is 0.383 e. The van der Waals surface area contributed by atoms with Gasteiger partial charge in [-0.05, 0) is 27.1 Å². The Labute approximate surface area is 144 Å². The Morgan fingerprint density at radius 2 is 1.67 bits per heavy atom. The van der Waals surface area contributed by atoms with E-state index >= 15 is 0 Å². The van der Waals surface area contributed by atoms with Gasteiger partial charge in [0.1, 0.15) is 11.6 Å². The summed E-state index contributed by atoms with van der Waals surface area (Å²) in [4.78, 5) is 11.4. The molecule has 1 aromatic heterocycles. The standard InChI is InChI=1S/C18H27N5O/c1-23(2)12-7-10-19-16-14-17(20-11-13-24-3)22-18(21-16)15-8-5-4-6-9-15/h4-6,8-9,14H,7,10-13H2,1-3H3,(H2,19,20,21,22). The van der Waals surface area contributed by atoms with E-state index in [1.807, 2.05) is 36.4 Å². The lowest BCUT2D eigenvalue weighted by Crippen LogP contribution is -2.17. The highest BCUT2D eigenvalue weighted by atomic mass is 16.5. The first-order valence-electron chi connectivity index (χ1n) is 8.25. The summed E-state index contributed by atoms with van der Waals surface area (Å²) in [5.41, 5.74) is 1.00. The number of hydrogen-bond acceptors (Lipinski definition) is 6. The van der Waals surface area contributed by atoms with Crippen LogP contribution >= 0.6 is 0 Å². The lowest BCUT2D eigenvalue weighted by molar-refractivity contribution is 0.210. The van der Waals surface area contributed by atoms with Crippen LogP contribution in [0.1, 0.15) is 6.42 Å². The van der Waals surface area contributed by atoms with Crippen molar-refractivity contribution >= 4 is 11.6 Å². The smallest absolute Gasteiger partial charge is 0.163 e. The minimum atomic E-state index is 0.635. The molecule has 2 aromatic rings. The molecule has 6 heteroatoms. The molecule has 0 fully saturated rings. The van der Waals surface area contributed by atoms with Gasteiger partial charge in [0.05, 0.1) is 6.61 Å². The van der Waals surface area contributed by atoms with E-state index in [1.165, 1.54) is 0 Å². The van der Waals surface area contributed by atoms with Crippen molar-refractivity contribution in [3.05, 3.63) is 36.4 Å². The van der Waals surface area contributed by atoms with Crippen molar-refractivity contribution in [1.29, 1.82) is 0 Å². The van der Waals surface area contributed by atoms with Gasteiger partial charge >= 0.3 is 0 Å². The molecule has 0 saturated carbocycles. The summed E-state index contributed by atoms with van der Waals surface area (Å²) in [5.74, 6) is 2.35.